The zero-order chi connectivity index (χ0) is 12.7. The van der Waals surface area contributed by atoms with Crippen molar-refractivity contribution in [2.45, 2.75) is 6.92 Å². The third-order valence-corrected chi connectivity index (χ3v) is 2.61. The molecule has 1 rings (SSSR count). The Morgan fingerprint density at radius 3 is 2.82 bits per heavy atom. The molecule has 6 heteroatoms. The fourth-order valence-electron chi connectivity index (χ4n) is 1.55. The lowest BCUT2D eigenvalue weighted by Crippen LogP contribution is -2.49. The summed E-state index contributed by atoms with van der Waals surface area (Å²) in [6, 6.07) is 0. The van der Waals surface area contributed by atoms with Gasteiger partial charge in [0, 0.05) is 26.7 Å². The summed E-state index contributed by atoms with van der Waals surface area (Å²) in [7, 11) is 1.80. The SMILES string of the molecule is CCOC(=O)COCCN1CCN(C)C(=O)C1. The second-order valence-electron chi connectivity index (χ2n) is 3.95. The van der Waals surface area contributed by atoms with Crippen molar-refractivity contribution in [3.05, 3.63) is 0 Å². The van der Waals surface area contributed by atoms with Gasteiger partial charge in [-0.05, 0) is 6.92 Å². The molecule has 0 unspecified atom stereocenters. The highest BCUT2D eigenvalue weighted by molar-refractivity contribution is 5.78. The lowest BCUT2D eigenvalue weighted by Gasteiger charge is -2.31. The first-order chi connectivity index (χ1) is 8.13. The zero-order valence-corrected chi connectivity index (χ0v) is 10.5. The molecule has 0 aromatic rings. The molecule has 1 amide bonds. The smallest absolute Gasteiger partial charge is 0.332 e. The van der Waals surface area contributed by atoms with Gasteiger partial charge in [0.2, 0.25) is 5.91 Å². The number of carbonyl (C=O) groups is 2. The summed E-state index contributed by atoms with van der Waals surface area (Å²) in [5, 5.41) is 0. The van der Waals surface area contributed by atoms with Crippen molar-refractivity contribution in [2.24, 2.45) is 0 Å². The van der Waals surface area contributed by atoms with Crippen molar-refractivity contribution in [2.75, 3.05) is 53.0 Å². The lowest BCUT2D eigenvalue weighted by atomic mass is 10.3. The van der Waals surface area contributed by atoms with E-state index in [2.05, 4.69) is 0 Å². The number of rotatable bonds is 6. The molecule has 0 N–H and O–H groups in total. The molecule has 0 spiro atoms. The topological polar surface area (TPSA) is 59.1 Å². The second kappa shape index (κ2) is 7.24. The van der Waals surface area contributed by atoms with Gasteiger partial charge in [-0.2, -0.15) is 0 Å². The van der Waals surface area contributed by atoms with Crippen molar-refractivity contribution in [1.82, 2.24) is 9.80 Å². The minimum absolute atomic E-state index is 0.0183. The monoisotopic (exact) mass is 244 g/mol. The molecule has 1 aliphatic heterocycles. The molecule has 1 aliphatic rings. The molecule has 17 heavy (non-hydrogen) atoms. The Balaban J connectivity index is 2.07. The number of carbonyl (C=O) groups excluding carboxylic acids is 2. The minimum Gasteiger partial charge on any atom is -0.464 e. The van der Waals surface area contributed by atoms with E-state index in [1.807, 2.05) is 4.90 Å². The quantitative estimate of drug-likeness (QED) is 0.458. The zero-order valence-electron chi connectivity index (χ0n) is 10.5. The molecule has 6 nitrogen and oxygen atoms in total. The van der Waals surface area contributed by atoms with Gasteiger partial charge in [0.25, 0.3) is 0 Å². The van der Waals surface area contributed by atoms with Crippen LogP contribution in [0, 0.1) is 0 Å². The number of piperazine rings is 1. The van der Waals surface area contributed by atoms with Crippen LogP contribution >= 0.6 is 0 Å². The molecule has 0 aliphatic carbocycles. The largest absolute Gasteiger partial charge is 0.464 e. The average molecular weight is 244 g/mol. The van der Waals surface area contributed by atoms with Crippen LogP contribution in [0.1, 0.15) is 6.92 Å². The number of nitrogens with zero attached hydrogens (tertiary/aromatic N) is 2. The van der Waals surface area contributed by atoms with Crippen molar-refractivity contribution in [1.29, 1.82) is 0 Å². The van der Waals surface area contributed by atoms with Gasteiger partial charge in [-0.15, -0.1) is 0 Å². The van der Waals surface area contributed by atoms with Crippen LogP contribution in [-0.2, 0) is 19.1 Å². The van der Waals surface area contributed by atoms with E-state index in [4.69, 9.17) is 9.47 Å². The lowest BCUT2D eigenvalue weighted by molar-refractivity contribution is -0.149. The summed E-state index contributed by atoms with van der Waals surface area (Å²) in [5.74, 6) is -0.219. The number of hydrogen-bond donors (Lipinski definition) is 0. The van der Waals surface area contributed by atoms with Gasteiger partial charge < -0.3 is 14.4 Å². The third kappa shape index (κ3) is 5.14. The Hall–Kier alpha value is -1.14. The predicted octanol–water partition coefficient (Wildman–Crippen LogP) is -0.660. The van der Waals surface area contributed by atoms with Crippen LogP contribution in [-0.4, -0.2) is 74.7 Å². The fourth-order valence-corrected chi connectivity index (χ4v) is 1.55. The highest BCUT2D eigenvalue weighted by Crippen LogP contribution is 2.00. The first kappa shape index (κ1) is 13.9. The molecule has 0 radical (unpaired) electrons. The maximum absolute atomic E-state index is 11.4. The van der Waals surface area contributed by atoms with E-state index in [-0.39, 0.29) is 18.5 Å². The maximum atomic E-state index is 11.4. The summed E-state index contributed by atoms with van der Waals surface area (Å²) < 4.78 is 9.90. The second-order valence-corrected chi connectivity index (χ2v) is 3.95. The van der Waals surface area contributed by atoms with Gasteiger partial charge in [0.1, 0.15) is 6.61 Å². The summed E-state index contributed by atoms with van der Waals surface area (Å²) in [5.41, 5.74) is 0. The summed E-state index contributed by atoms with van der Waals surface area (Å²) >= 11 is 0. The van der Waals surface area contributed by atoms with Crippen LogP contribution in [0.15, 0.2) is 0 Å². The van der Waals surface area contributed by atoms with Gasteiger partial charge in [-0.25, -0.2) is 4.79 Å². The van der Waals surface area contributed by atoms with E-state index in [1.54, 1.807) is 18.9 Å². The van der Waals surface area contributed by atoms with Crippen LogP contribution in [0.25, 0.3) is 0 Å². The van der Waals surface area contributed by atoms with Gasteiger partial charge >= 0.3 is 5.97 Å². The third-order valence-electron chi connectivity index (χ3n) is 2.61. The van der Waals surface area contributed by atoms with Gasteiger partial charge in [-0.1, -0.05) is 0 Å². The van der Waals surface area contributed by atoms with Crippen LogP contribution in [0.2, 0.25) is 0 Å². The molecule has 1 saturated heterocycles. The van der Waals surface area contributed by atoms with Gasteiger partial charge in [0.05, 0.1) is 19.8 Å². The fraction of sp³-hybridized carbons (Fsp3) is 0.818. The van der Waals surface area contributed by atoms with E-state index in [9.17, 15) is 9.59 Å². The van der Waals surface area contributed by atoms with E-state index in [1.165, 1.54) is 0 Å². The Bertz CT molecular complexity index is 270. The molecule has 1 heterocycles. The van der Waals surface area contributed by atoms with Crippen LogP contribution in [0.5, 0.6) is 0 Å². The number of esters is 1. The van der Waals surface area contributed by atoms with Crippen LogP contribution in [0.4, 0.5) is 0 Å². The van der Waals surface area contributed by atoms with E-state index >= 15 is 0 Å². The van der Waals surface area contributed by atoms with Gasteiger partial charge in [-0.3, -0.25) is 9.69 Å². The maximum Gasteiger partial charge on any atom is 0.332 e. The van der Waals surface area contributed by atoms with Crippen molar-refractivity contribution in [3.8, 4) is 0 Å². The Kier molecular flexibility index (Phi) is 5.93. The molecular weight excluding hydrogens is 224 g/mol. The van der Waals surface area contributed by atoms with Crippen LogP contribution < -0.4 is 0 Å². The van der Waals surface area contributed by atoms with E-state index < -0.39 is 0 Å². The molecule has 98 valence electrons. The average Bonchev–Trinajstić information content (AvgIpc) is 2.29. The first-order valence-corrected chi connectivity index (χ1v) is 5.83. The minimum atomic E-state index is -0.345. The summed E-state index contributed by atoms with van der Waals surface area (Å²) in [4.78, 5) is 26.1. The standard InChI is InChI=1S/C11H20N2O4/c1-3-17-11(15)9-16-7-6-13-5-4-12(2)10(14)8-13/h3-9H2,1-2H3. The summed E-state index contributed by atoms with van der Waals surface area (Å²) in [6.07, 6.45) is 0. The highest BCUT2D eigenvalue weighted by Gasteiger charge is 2.20. The summed E-state index contributed by atoms with van der Waals surface area (Å²) in [6.45, 7) is 5.24. The van der Waals surface area contributed by atoms with E-state index in [0.717, 1.165) is 13.1 Å². The molecule has 0 bridgehead atoms. The molecule has 0 atom stereocenters. The van der Waals surface area contributed by atoms with Crippen molar-refractivity contribution >= 4 is 11.9 Å². The number of amides is 1. The molecule has 0 aromatic heterocycles. The number of hydrogen-bond acceptors (Lipinski definition) is 5. The molecule has 0 aromatic carbocycles. The molecular formula is C11H20N2O4. The van der Waals surface area contributed by atoms with Gasteiger partial charge in [0.15, 0.2) is 0 Å². The Morgan fingerprint density at radius 1 is 1.41 bits per heavy atom. The molecule has 1 fully saturated rings. The predicted molar refractivity (Wildman–Crippen MR) is 61.5 cm³/mol. The normalized spacial score (nSPS) is 17.3. The highest BCUT2D eigenvalue weighted by atomic mass is 16.6. The number of likely N-dealkylation sites (N-methyl/N-ethyl adjacent to an activating group) is 1. The van der Waals surface area contributed by atoms with Crippen molar-refractivity contribution in [3.63, 3.8) is 0 Å². The Morgan fingerprint density at radius 2 is 2.18 bits per heavy atom. The number of ether oxygens (including phenoxy) is 2. The van der Waals surface area contributed by atoms with Crippen LogP contribution in [0.3, 0.4) is 0 Å². The Labute approximate surface area is 101 Å². The van der Waals surface area contributed by atoms with Crippen molar-refractivity contribution < 1.29 is 19.1 Å². The van der Waals surface area contributed by atoms with E-state index in [0.29, 0.717) is 26.3 Å². The first-order valence-electron chi connectivity index (χ1n) is 5.83. The molecule has 0 saturated carbocycles.